The molecule has 156 valence electrons. The summed E-state index contributed by atoms with van der Waals surface area (Å²) in [4.78, 5) is 8.91. The molecule has 0 fully saturated rings. The summed E-state index contributed by atoms with van der Waals surface area (Å²) >= 11 is 0. The number of ether oxygens (including phenoxy) is 1. The number of benzene rings is 1. The van der Waals surface area contributed by atoms with Gasteiger partial charge in [-0.15, -0.1) is 24.0 Å². The van der Waals surface area contributed by atoms with Crippen molar-refractivity contribution in [2.75, 3.05) is 13.1 Å². The van der Waals surface area contributed by atoms with Crippen molar-refractivity contribution in [1.82, 2.24) is 20.8 Å². The molecule has 1 aromatic heterocycles. The molecule has 0 bridgehead atoms. The van der Waals surface area contributed by atoms with Gasteiger partial charge in [-0.1, -0.05) is 17.3 Å². The Kier molecular flexibility index (Phi) is 10.9. The Morgan fingerprint density at radius 3 is 2.68 bits per heavy atom. The Balaban J connectivity index is 0.00000392. The second kappa shape index (κ2) is 12.6. The number of halogens is 1. The normalized spacial score (nSPS) is 11.3. The summed E-state index contributed by atoms with van der Waals surface area (Å²) < 4.78 is 11.1. The summed E-state index contributed by atoms with van der Waals surface area (Å²) in [6.45, 7) is 12.1. The fourth-order valence-corrected chi connectivity index (χ4v) is 2.55. The zero-order chi connectivity index (χ0) is 19.6. The molecule has 0 saturated heterocycles. The lowest BCUT2D eigenvalue weighted by atomic mass is 10.1. The van der Waals surface area contributed by atoms with E-state index in [1.54, 1.807) is 0 Å². The predicted octanol–water partition coefficient (Wildman–Crippen LogP) is 3.78. The average Bonchev–Trinajstić information content (AvgIpc) is 3.02. The van der Waals surface area contributed by atoms with Crippen molar-refractivity contribution in [3.05, 3.63) is 41.0 Å². The highest BCUT2D eigenvalue weighted by Crippen LogP contribution is 2.22. The number of hydrogen-bond acceptors (Lipinski definition) is 5. The summed E-state index contributed by atoms with van der Waals surface area (Å²) in [6.07, 6.45) is 1.77. The Morgan fingerprint density at radius 1 is 1.25 bits per heavy atom. The number of guanidine groups is 1. The lowest BCUT2D eigenvalue weighted by Crippen LogP contribution is -2.37. The van der Waals surface area contributed by atoms with Gasteiger partial charge in [0.25, 0.3) is 0 Å². The van der Waals surface area contributed by atoms with Gasteiger partial charge in [0.2, 0.25) is 5.89 Å². The third-order valence-corrected chi connectivity index (χ3v) is 3.77. The minimum Gasteiger partial charge on any atom is -0.491 e. The molecule has 2 rings (SSSR count). The number of rotatable bonds is 9. The molecule has 0 atom stereocenters. The largest absolute Gasteiger partial charge is 0.491 e. The number of nitrogens with zero attached hydrogens (tertiary/aromatic N) is 3. The van der Waals surface area contributed by atoms with Crippen LogP contribution in [0.5, 0.6) is 5.75 Å². The first kappa shape index (κ1) is 24.2. The van der Waals surface area contributed by atoms with Crippen molar-refractivity contribution in [1.29, 1.82) is 0 Å². The molecule has 0 amide bonds. The molecule has 0 saturated carbocycles. The summed E-state index contributed by atoms with van der Waals surface area (Å²) in [5.41, 5.74) is 2.26. The fourth-order valence-electron chi connectivity index (χ4n) is 2.55. The first-order valence-corrected chi connectivity index (χ1v) is 9.55. The quantitative estimate of drug-likeness (QED) is 0.236. The van der Waals surface area contributed by atoms with Gasteiger partial charge in [0.1, 0.15) is 5.75 Å². The van der Waals surface area contributed by atoms with Crippen LogP contribution in [0.3, 0.4) is 0 Å². The molecule has 0 aliphatic heterocycles. The zero-order valence-corrected chi connectivity index (χ0v) is 19.7. The van der Waals surface area contributed by atoms with Gasteiger partial charge in [0.15, 0.2) is 11.8 Å². The van der Waals surface area contributed by atoms with E-state index in [9.17, 15) is 0 Å². The van der Waals surface area contributed by atoms with Gasteiger partial charge in [-0.2, -0.15) is 4.98 Å². The van der Waals surface area contributed by atoms with Gasteiger partial charge in [-0.3, -0.25) is 0 Å². The number of hydrogen-bond donors (Lipinski definition) is 2. The molecule has 8 heteroatoms. The fraction of sp³-hybridized carbons (Fsp3) is 0.550. The van der Waals surface area contributed by atoms with Crippen molar-refractivity contribution in [3.63, 3.8) is 0 Å². The van der Waals surface area contributed by atoms with E-state index in [4.69, 9.17) is 14.3 Å². The lowest BCUT2D eigenvalue weighted by molar-refractivity contribution is 0.240. The Morgan fingerprint density at radius 2 is 2.04 bits per heavy atom. The van der Waals surface area contributed by atoms with E-state index in [-0.39, 0.29) is 30.1 Å². The second-order valence-corrected chi connectivity index (χ2v) is 6.74. The highest BCUT2D eigenvalue weighted by Gasteiger charge is 2.07. The van der Waals surface area contributed by atoms with Crippen molar-refractivity contribution >= 4 is 29.9 Å². The zero-order valence-electron chi connectivity index (χ0n) is 17.4. The van der Waals surface area contributed by atoms with E-state index < -0.39 is 0 Å². The van der Waals surface area contributed by atoms with Gasteiger partial charge in [0.05, 0.1) is 12.6 Å². The number of nitrogens with one attached hydrogen (secondary N) is 2. The van der Waals surface area contributed by atoms with E-state index >= 15 is 0 Å². The predicted molar refractivity (Wildman–Crippen MR) is 123 cm³/mol. The van der Waals surface area contributed by atoms with E-state index in [1.807, 2.05) is 20.8 Å². The van der Waals surface area contributed by atoms with E-state index in [0.29, 0.717) is 18.3 Å². The van der Waals surface area contributed by atoms with Gasteiger partial charge < -0.3 is 19.9 Å². The van der Waals surface area contributed by atoms with Crippen molar-refractivity contribution in [2.24, 2.45) is 4.99 Å². The van der Waals surface area contributed by atoms with Gasteiger partial charge in [0, 0.05) is 25.1 Å². The van der Waals surface area contributed by atoms with E-state index in [1.165, 1.54) is 5.56 Å². The third kappa shape index (κ3) is 8.45. The highest BCUT2D eigenvalue weighted by molar-refractivity contribution is 14.0. The van der Waals surface area contributed by atoms with Crippen molar-refractivity contribution < 1.29 is 9.26 Å². The lowest BCUT2D eigenvalue weighted by Gasteiger charge is -2.15. The summed E-state index contributed by atoms with van der Waals surface area (Å²) in [5, 5.41) is 10.4. The van der Waals surface area contributed by atoms with E-state index in [0.717, 1.165) is 43.2 Å². The van der Waals surface area contributed by atoms with Crippen LogP contribution >= 0.6 is 24.0 Å². The first-order chi connectivity index (χ1) is 13.0. The van der Waals surface area contributed by atoms with Crippen LogP contribution in [0.25, 0.3) is 0 Å². The van der Waals surface area contributed by atoms with Gasteiger partial charge in [-0.25, -0.2) is 4.99 Å². The minimum absolute atomic E-state index is 0. The topological polar surface area (TPSA) is 84.6 Å². The molecule has 0 aliphatic carbocycles. The smallest absolute Gasteiger partial charge is 0.226 e. The number of aryl methyl sites for hydroxylation is 3. The maximum absolute atomic E-state index is 5.93. The average molecular weight is 501 g/mol. The summed E-state index contributed by atoms with van der Waals surface area (Å²) in [6, 6.07) is 6.24. The Bertz CT molecular complexity index is 746. The molecule has 1 heterocycles. The molecular weight excluding hydrogens is 469 g/mol. The van der Waals surface area contributed by atoms with Crippen LogP contribution in [-0.4, -0.2) is 35.3 Å². The highest BCUT2D eigenvalue weighted by atomic mass is 127. The molecule has 7 nitrogen and oxygen atoms in total. The molecular formula is C20H32IN5O2. The molecule has 0 aliphatic rings. The van der Waals surface area contributed by atoms with E-state index in [2.05, 4.69) is 52.8 Å². The molecule has 0 unspecified atom stereocenters. The van der Waals surface area contributed by atoms with Crippen LogP contribution in [-0.2, 0) is 13.0 Å². The van der Waals surface area contributed by atoms with Crippen LogP contribution in [0.15, 0.2) is 27.7 Å². The molecule has 1 aromatic carbocycles. The Hall–Kier alpha value is -1.84. The number of aliphatic imine (C=N–C) groups is 1. The maximum Gasteiger partial charge on any atom is 0.226 e. The summed E-state index contributed by atoms with van der Waals surface area (Å²) in [7, 11) is 0. The molecule has 0 spiro atoms. The SMILES string of the molecule is CCNC(=NCc1ccc(C)cc1OC(C)C)NCCCc1nc(C)no1.I. The van der Waals surface area contributed by atoms with Crippen LogP contribution in [0.2, 0.25) is 0 Å². The maximum atomic E-state index is 5.93. The standard InChI is InChI=1S/C20H31N5O2.HI/c1-6-21-20(22-11-7-8-19-24-16(5)25-27-19)23-13-17-10-9-15(4)12-18(17)26-14(2)3;/h9-10,12,14H,6-8,11,13H2,1-5H3,(H2,21,22,23);1H. The summed E-state index contributed by atoms with van der Waals surface area (Å²) in [5.74, 6) is 3.03. The van der Waals surface area contributed by atoms with Gasteiger partial charge in [-0.05, 0) is 52.7 Å². The van der Waals surface area contributed by atoms with Crippen LogP contribution in [0.1, 0.15) is 50.0 Å². The number of aromatic nitrogens is 2. The van der Waals surface area contributed by atoms with Gasteiger partial charge >= 0.3 is 0 Å². The Labute approximate surface area is 184 Å². The molecule has 0 radical (unpaired) electrons. The van der Waals surface area contributed by atoms with Crippen LogP contribution in [0.4, 0.5) is 0 Å². The molecule has 28 heavy (non-hydrogen) atoms. The molecule has 2 aromatic rings. The second-order valence-electron chi connectivity index (χ2n) is 6.74. The van der Waals surface area contributed by atoms with Crippen LogP contribution < -0.4 is 15.4 Å². The molecule has 2 N–H and O–H groups in total. The van der Waals surface area contributed by atoms with Crippen molar-refractivity contribution in [2.45, 2.75) is 60.1 Å². The monoisotopic (exact) mass is 501 g/mol. The third-order valence-electron chi connectivity index (χ3n) is 3.77. The van der Waals surface area contributed by atoms with Crippen LogP contribution in [0, 0.1) is 13.8 Å². The first-order valence-electron chi connectivity index (χ1n) is 9.55. The van der Waals surface area contributed by atoms with Crippen molar-refractivity contribution in [3.8, 4) is 5.75 Å². The minimum atomic E-state index is 0.